The van der Waals surface area contributed by atoms with Gasteiger partial charge in [0, 0.05) is 11.6 Å². The Morgan fingerprint density at radius 2 is 1.84 bits per heavy atom. The highest BCUT2D eigenvalue weighted by Gasteiger charge is 2.11. The fourth-order valence-electron chi connectivity index (χ4n) is 1.56. The van der Waals surface area contributed by atoms with Crippen molar-refractivity contribution in [2.24, 2.45) is 0 Å². The maximum atomic E-state index is 13.4. The van der Waals surface area contributed by atoms with Crippen LogP contribution in [0.2, 0.25) is 0 Å². The second-order valence-corrected chi connectivity index (χ2v) is 3.97. The molecule has 0 heterocycles. The Hall–Kier alpha value is -1.92. The minimum Gasteiger partial charge on any atom is -0.489 e. The van der Waals surface area contributed by atoms with Gasteiger partial charge in [0.2, 0.25) is 0 Å². The predicted molar refractivity (Wildman–Crippen MR) is 67.0 cm³/mol. The van der Waals surface area contributed by atoms with E-state index in [1.165, 1.54) is 18.2 Å². The van der Waals surface area contributed by atoms with Crippen LogP contribution >= 0.6 is 0 Å². The van der Waals surface area contributed by atoms with Gasteiger partial charge in [-0.3, -0.25) is 0 Å². The molecule has 2 rings (SSSR count). The Morgan fingerprint density at radius 3 is 2.53 bits per heavy atom. The van der Waals surface area contributed by atoms with Crippen LogP contribution in [0.25, 0.3) is 0 Å². The summed E-state index contributed by atoms with van der Waals surface area (Å²) in [6.07, 6.45) is 0. The molecule has 0 saturated heterocycles. The molecule has 0 atom stereocenters. The minimum absolute atomic E-state index is 0.0723. The van der Waals surface area contributed by atoms with Gasteiger partial charge in [-0.2, -0.15) is 0 Å². The molecule has 0 bridgehead atoms. The number of ether oxygens (including phenoxy) is 1. The summed E-state index contributed by atoms with van der Waals surface area (Å²) in [6.45, 7) is -0.0723. The molecule has 2 N–H and O–H groups in total. The van der Waals surface area contributed by atoms with Crippen molar-refractivity contribution in [2.75, 3.05) is 0 Å². The molecule has 0 aliphatic heterocycles. The number of hydrogen-bond donors (Lipinski definition) is 2. The minimum atomic E-state index is -1.59. The van der Waals surface area contributed by atoms with Gasteiger partial charge < -0.3 is 14.8 Å². The zero-order chi connectivity index (χ0) is 13.8. The monoisotopic (exact) mass is 264 g/mol. The van der Waals surface area contributed by atoms with Gasteiger partial charge in [-0.25, -0.2) is 8.78 Å². The predicted octanol–water partition coefficient (Wildman–Crippen LogP) is 1.22. The molecule has 98 valence electrons. The van der Waals surface area contributed by atoms with Crippen LogP contribution < -0.4 is 10.2 Å². The molecule has 6 heteroatoms. The fourth-order valence-corrected chi connectivity index (χ4v) is 1.56. The van der Waals surface area contributed by atoms with E-state index in [-0.39, 0.29) is 17.6 Å². The Kier molecular flexibility index (Phi) is 4.14. The fraction of sp³-hybridized carbons (Fsp3) is 0.0769. The Balaban J connectivity index is 2.08. The van der Waals surface area contributed by atoms with Crippen molar-refractivity contribution in [1.82, 2.24) is 0 Å². The Morgan fingerprint density at radius 1 is 1.05 bits per heavy atom. The third-order valence-corrected chi connectivity index (χ3v) is 2.57. The summed E-state index contributed by atoms with van der Waals surface area (Å²) in [7, 11) is -1.59. The average Bonchev–Trinajstić information content (AvgIpc) is 2.38. The van der Waals surface area contributed by atoms with Crippen molar-refractivity contribution < 1.29 is 23.6 Å². The first-order valence-electron chi connectivity index (χ1n) is 5.59. The first-order valence-corrected chi connectivity index (χ1v) is 5.59. The molecule has 2 aromatic rings. The first-order chi connectivity index (χ1) is 9.06. The number of benzene rings is 2. The van der Waals surface area contributed by atoms with Crippen LogP contribution in [0.5, 0.6) is 5.75 Å². The van der Waals surface area contributed by atoms with Gasteiger partial charge in [-0.15, -0.1) is 0 Å². The van der Waals surface area contributed by atoms with Crippen LogP contribution in [-0.4, -0.2) is 17.2 Å². The molecule has 0 aliphatic rings. The zero-order valence-electron chi connectivity index (χ0n) is 9.88. The van der Waals surface area contributed by atoms with E-state index in [0.717, 1.165) is 12.1 Å². The van der Waals surface area contributed by atoms with Crippen LogP contribution in [0.4, 0.5) is 8.78 Å². The molecular formula is C13H11BF2O3. The van der Waals surface area contributed by atoms with Crippen molar-refractivity contribution >= 4 is 12.6 Å². The van der Waals surface area contributed by atoms with E-state index >= 15 is 0 Å². The maximum absolute atomic E-state index is 13.4. The maximum Gasteiger partial charge on any atom is 0.488 e. The van der Waals surface area contributed by atoms with Crippen LogP contribution in [0.15, 0.2) is 42.5 Å². The van der Waals surface area contributed by atoms with Crippen molar-refractivity contribution in [3.8, 4) is 5.75 Å². The normalized spacial score (nSPS) is 10.3. The molecule has 0 aromatic heterocycles. The number of hydrogen-bond acceptors (Lipinski definition) is 3. The Bertz CT molecular complexity index is 576. The van der Waals surface area contributed by atoms with E-state index in [1.807, 2.05) is 0 Å². The third kappa shape index (κ3) is 3.53. The number of halogens is 2. The lowest BCUT2D eigenvalue weighted by Gasteiger charge is -2.08. The molecule has 0 amide bonds. The van der Waals surface area contributed by atoms with Gasteiger partial charge in [0.05, 0.1) is 0 Å². The van der Waals surface area contributed by atoms with Crippen LogP contribution in [0.1, 0.15) is 5.56 Å². The lowest BCUT2D eigenvalue weighted by atomic mass is 9.80. The largest absolute Gasteiger partial charge is 0.489 e. The standard InChI is InChI=1S/C13H11BF2O3/c15-11-5-4-9(13(16)7-11)8-19-12-3-1-2-10(6-12)14(17)18/h1-7,17-18H,8H2. The quantitative estimate of drug-likeness (QED) is 0.816. The molecule has 0 fully saturated rings. The van der Waals surface area contributed by atoms with Gasteiger partial charge in [0.1, 0.15) is 24.0 Å². The van der Waals surface area contributed by atoms with Crippen molar-refractivity contribution in [3.05, 3.63) is 59.7 Å². The smallest absolute Gasteiger partial charge is 0.488 e. The van der Waals surface area contributed by atoms with E-state index in [4.69, 9.17) is 14.8 Å². The molecule has 0 saturated carbocycles. The van der Waals surface area contributed by atoms with Gasteiger partial charge in [-0.05, 0) is 29.7 Å². The third-order valence-electron chi connectivity index (χ3n) is 2.57. The summed E-state index contributed by atoms with van der Waals surface area (Å²) in [5.41, 5.74) is 0.494. The van der Waals surface area contributed by atoms with Crippen molar-refractivity contribution in [1.29, 1.82) is 0 Å². The van der Waals surface area contributed by atoms with E-state index in [0.29, 0.717) is 5.75 Å². The average molecular weight is 264 g/mol. The SMILES string of the molecule is OB(O)c1cccc(OCc2ccc(F)cc2F)c1. The van der Waals surface area contributed by atoms with Crippen LogP contribution in [0.3, 0.4) is 0 Å². The summed E-state index contributed by atoms with van der Waals surface area (Å²) in [6, 6.07) is 9.39. The molecule has 3 nitrogen and oxygen atoms in total. The zero-order valence-corrected chi connectivity index (χ0v) is 9.88. The van der Waals surface area contributed by atoms with E-state index in [1.54, 1.807) is 12.1 Å². The van der Waals surface area contributed by atoms with E-state index in [2.05, 4.69) is 0 Å². The van der Waals surface area contributed by atoms with Crippen LogP contribution in [-0.2, 0) is 6.61 Å². The molecule has 0 unspecified atom stereocenters. The van der Waals surface area contributed by atoms with Gasteiger partial charge in [0.15, 0.2) is 0 Å². The molecule has 0 radical (unpaired) electrons. The van der Waals surface area contributed by atoms with Gasteiger partial charge in [-0.1, -0.05) is 12.1 Å². The van der Waals surface area contributed by atoms with Crippen molar-refractivity contribution in [2.45, 2.75) is 6.61 Å². The Labute approximate surface area is 109 Å². The van der Waals surface area contributed by atoms with E-state index in [9.17, 15) is 8.78 Å². The molecule has 19 heavy (non-hydrogen) atoms. The lowest BCUT2D eigenvalue weighted by Crippen LogP contribution is -2.29. The number of rotatable bonds is 4. The second-order valence-electron chi connectivity index (χ2n) is 3.97. The molecular weight excluding hydrogens is 253 g/mol. The van der Waals surface area contributed by atoms with Gasteiger partial charge in [0.25, 0.3) is 0 Å². The molecule has 0 aliphatic carbocycles. The molecule has 2 aromatic carbocycles. The summed E-state index contributed by atoms with van der Waals surface area (Å²) in [5, 5.41) is 18.0. The highest BCUT2D eigenvalue weighted by Crippen LogP contribution is 2.14. The second kappa shape index (κ2) is 5.82. The van der Waals surface area contributed by atoms with E-state index < -0.39 is 18.8 Å². The highest BCUT2D eigenvalue weighted by atomic mass is 19.1. The summed E-state index contributed by atoms with van der Waals surface area (Å²) in [4.78, 5) is 0. The van der Waals surface area contributed by atoms with Crippen molar-refractivity contribution in [3.63, 3.8) is 0 Å². The summed E-state index contributed by atoms with van der Waals surface area (Å²) < 4.78 is 31.4. The highest BCUT2D eigenvalue weighted by molar-refractivity contribution is 6.58. The summed E-state index contributed by atoms with van der Waals surface area (Å²) in [5.74, 6) is -0.959. The van der Waals surface area contributed by atoms with Gasteiger partial charge >= 0.3 is 7.12 Å². The van der Waals surface area contributed by atoms with Crippen LogP contribution in [0, 0.1) is 11.6 Å². The topological polar surface area (TPSA) is 49.7 Å². The lowest BCUT2D eigenvalue weighted by molar-refractivity contribution is 0.299. The summed E-state index contributed by atoms with van der Waals surface area (Å²) >= 11 is 0. The molecule has 0 spiro atoms. The first kappa shape index (κ1) is 13.5.